The van der Waals surface area contributed by atoms with Gasteiger partial charge in [0.1, 0.15) is 5.69 Å². The summed E-state index contributed by atoms with van der Waals surface area (Å²) in [6, 6.07) is 25.8. The molecule has 1 aromatic heterocycles. The molecule has 200 valence electrons. The van der Waals surface area contributed by atoms with E-state index >= 15 is 0 Å². The maximum absolute atomic E-state index is 4.36. The van der Waals surface area contributed by atoms with Gasteiger partial charge in [-0.25, -0.2) is 0 Å². The molecule has 1 aliphatic carbocycles. The van der Waals surface area contributed by atoms with Crippen molar-refractivity contribution in [3.8, 4) is 34.2 Å². The molecule has 0 fully saturated rings. The number of aliphatic imine (C=N–C) groups is 1. The fourth-order valence-corrected chi connectivity index (χ4v) is 3.90. The number of allylic oxidation sites excluding steroid dienone is 7. The number of pyridine rings is 1. The Balaban J connectivity index is 0.000000331. The zero-order chi connectivity index (χ0) is 28.1. The smallest absolute Gasteiger partial charge is 0.262 e. The first kappa shape index (κ1) is 35.4. The molecule has 0 saturated carbocycles. The molecule has 40 heavy (non-hydrogen) atoms. The van der Waals surface area contributed by atoms with Crippen LogP contribution < -0.4 is 56.4 Å². The van der Waals surface area contributed by atoms with Crippen LogP contribution in [0.25, 0.3) is 22.4 Å². The zero-order valence-corrected chi connectivity index (χ0v) is 28.2. The summed E-state index contributed by atoms with van der Waals surface area (Å²) in [6.45, 7) is 10.2. The van der Waals surface area contributed by atoms with Crippen LogP contribution in [0.1, 0.15) is 53.9 Å². The maximum Gasteiger partial charge on any atom is 1.00 e. The summed E-state index contributed by atoms with van der Waals surface area (Å²) >= 11 is 0. The first-order valence-electron chi connectivity index (χ1n) is 13.8. The molecule has 4 rings (SSSR count). The second-order valence-electron chi connectivity index (χ2n) is 8.85. The number of nitrogens with one attached hydrogen (secondary N) is 1. The normalized spacial score (nSPS) is 14.1. The van der Waals surface area contributed by atoms with E-state index in [-0.39, 0.29) is 51.4 Å². The Bertz CT molecular complexity index is 1260. The summed E-state index contributed by atoms with van der Waals surface area (Å²) in [4.78, 5) is 7.63. The minimum absolute atomic E-state index is 0. The van der Waals surface area contributed by atoms with Gasteiger partial charge in [0.2, 0.25) is 0 Å². The maximum atomic E-state index is 4.36. The molecule has 3 heteroatoms. The third-order valence-electron chi connectivity index (χ3n) is 5.86. The Morgan fingerprint density at radius 2 is 1.75 bits per heavy atom. The summed E-state index contributed by atoms with van der Waals surface area (Å²) in [5, 5.41) is 0. The topological polar surface area (TPSA) is 26.5 Å². The van der Waals surface area contributed by atoms with E-state index in [0.29, 0.717) is 5.92 Å². The van der Waals surface area contributed by atoms with Crippen molar-refractivity contribution in [2.75, 3.05) is 0 Å². The molecular formula is C37H42KN2+. The van der Waals surface area contributed by atoms with E-state index in [9.17, 15) is 0 Å². The van der Waals surface area contributed by atoms with Crippen LogP contribution in [0.15, 0.2) is 126 Å². The van der Waals surface area contributed by atoms with Crippen molar-refractivity contribution in [2.45, 2.75) is 53.9 Å². The molecule has 0 spiro atoms. The summed E-state index contributed by atoms with van der Waals surface area (Å²) in [5.74, 6) is 6.51. The second-order valence-corrected chi connectivity index (χ2v) is 8.85. The van der Waals surface area contributed by atoms with E-state index in [1.54, 1.807) is 0 Å². The van der Waals surface area contributed by atoms with Crippen molar-refractivity contribution >= 4 is 5.71 Å². The molecule has 0 bridgehead atoms. The van der Waals surface area contributed by atoms with Crippen molar-refractivity contribution in [1.29, 1.82) is 0 Å². The monoisotopic (exact) mass is 553 g/mol. The molecular weight excluding hydrogens is 512 g/mol. The van der Waals surface area contributed by atoms with Crippen LogP contribution in [0.3, 0.4) is 0 Å². The number of aromatic nitrogens is 1. The Labute approximate surface area is 285 Å². The first-order chi connectivity index (χ1) is 19.1. The molecule has 0 radical (unpaired) electrons. The van der Waals surface area contributed by atoms with Crippen molar-refractivity contribution in [3.05, 3.63) is 127 Å². The van der Waals surface area contributed by atoms with E-state index in [1.807, 2.05) is 63.5 Å². The fourth-order valence-electron chi connectivity index (χ4n) is 3.90. The summed E-state index contributed by atoms with van der Waals surface area (Å²) in [6.07, 6.45) is 19.8. The summed E-state index contributed by atoms with van der Waals surface area (Å²) in [7, 11) is 0. The molecule has 2 nitrogen and oxygen atoms in total. The third-order valence-corrected chi connectivity index (χ3v) is 5.86. The van der Waals surface area contributed by atoms with Gasteiger partial charge in [0.05, 0.1) is 5.92 Å². The van der Waals surface area contributed by atoms with E-state index in [4.69, 9.17) is 0 Å². The molecule has 0 saturated heterocycles. The molecule has 0 aliphatic heterocycles. The second kappa shape index (κ2) is 22.1. The Hall–Kier alpha value is -2.58. The van der Waals surface area contributed by atoms with E-state index in [2.05, 4.69) is 115 Å². The van der Waals surface area contributed by atoms with Crippen LogP contribution in [0.5, 0.6) is 0 Å². The van der Waals surface area contributed by atoms with Gasteiger partial charge in [-0.05, 0) is 62.8 Å². The van der Waals surface area contributed by atoms with Gasteiger partial charge in [0.25, 0.3) is 0 Å². The van der Waals surface area contributed by atoms with E-state index < -0.39 is 0 Å². The fraction of sp³-hybridized carbons (Fsp3) is 0.243. The number of hydrogen-bond acceptors (Lipinski definition) is 1. The van der Waals surface area contributed by atoms with Gasteiger partial charge in [-0.2, -0.15) is 0 Å². The molecule has 1 unspecified atom stereocenters. The van der Waals surface area contributed by atoms with Crippen molar-refractivity contribution in [1.82, 2.24) is 0 Å². The Kier molecular flexibility index (Phi) is 19.6. The first-order valence-corrected chi connectivity index (χ1v) is 13.8. The van der Waals surface area contributed by atoms with Gasteiger partial charge in [0, 0.05) is 18.0 Å². The number of H-pyrrole nitrogens is 1. The van der Waals surface area contributed by atoms with Gasteiger partial charge in [-0.1, -0.05) is 92.1 Å². The minimum atomic E-state index is 0. The number of hydrogen-bond donors (Lipinski definition) is 0. The SMILES string of the molecule is CC#CC1CC=CC=C1C(C)=N/C=C\C.CCC=CCC.[K+].[c-]1ccccc1-c1cc(-c2ccccc2)cc[nH+]1. The predicted octanol–water partition coefficient (Wildman–Crippen LogP) is 6.51. The number of aromatic amines is 1. The standard InChI is InChI=1S/C17H12N.C14H17N.C6H12.K/c1-3-7-14(8-4-1)16-11-12-18-17(13-16)15-9-5-2-6-10-15;1-4-8-13-9-6-7-10-14(13)12(3)15-11-5-2;1-3-5-6-4-2;/h1-9,11-13H;5-7,10-11,13H,9H2,1-3H3;5-6H,3-4H2,1-2H3;/q-1;;;+1/p+1/b;11-5-,15-12?;;. The van der Waals surface area contributed by atoms with Gasteiger partial charge < -0.3 is 0 Å². The molecule has 3 aromatic rings. The van der Waals surface area contributed by atoms with Gasteiger partial charge in [-0.15, -0.1) is 36.3 Å². The molecule has 1 atom stereocenters. The predicted molar refractivity (Wildman–Crippen MR) is 169 cm³/mol. The van der Waals surface area contributed by atoms with Crippen LogP contribution >= 0.6 is 0 Å². The Morgan fingerprint density at radius 1 is 1.02 bits per heavy atom. The summed E-state index contributed by atoms with van der Waals surface area (Å²) < 4.78 is 0. The minimum Gasteiger partial charge on any atom is -0.262 e. The van der Waals surface area contributed by atoms with Crippen molar-refractivity contribution in [3.63, 3.8) is 0 Å². The van der Waals surface area contributed by atoms with Crippen LogP contribution in [-0.4, -0.2) is 5.71 Å². The third kappa shape index (κ3) is 13.2. The average Bonchev–Trinajstić information content (AvgIpc) is 3.01. The van der Waals surface area contributed by atoms with Crippen molar-refractivity contribution < 1.29 is 56.4 Å². The van der Waals surface area contributed by atoms with Crippen molar-refractivity contribution in [2.24, 2.45) is 10.9 Å². The molecule has 0 amide bonds. The molecule has 1 heterocycles. The molecule has 2 aromatic carbocycles. The van der Waals surface area contributed by atoms with Gasteiger partial charge in [0.15, 0.2) is 6.20 Å². The number of benzene rings is 2. The summed E-state index contributed by atoms with van der Waals surface area (Å²) in [5.41, 5.74) is 6.90. The van der Waals surface area contributed by atoms with Gasteiger partial charge >= 0.3 is 51.4 Å². The van der Waals surface area contributed by atoms with Crippen LogP contribution in [0.2, 0.25) is 0 Å². The quantitative estimate of drug-likeness (QED) is 0.109. The van der Waals surface area contributed by atoms with Gasteiger partial charge in [-0.3, -0.25) is 9.98 Å². The van der Waals surface area contributed by atoms with E-state index in [1.165, 1.54) is 29.5 Å². The van der Waals surface area contributed by atoms with E-state index in [0.717, 1.165) is 23.4 Å². The molecule has 1 aliphatic rings. The average molecular weight is 554 g/mol. The molecule has 1 N–H and O–H groups in total. The number of nitrogens with zero attached hydrogens (tertiary/aromatic N) is 1. The van der Waals surface area contributed by atoms with Crippen LogP contribution in [0.4, 0.5) is 0 Å². The van der Waals surface area contributed by atoms with Crippen LogP contribution in [-0.2, 0) is 0 Å². The largest absolute Gasteiger partial charge is 1.00 e. The number of rotatable bonds is 6. The Morgan fingerprint density at radius 3 is 2.38 bits per heavy atom. The zero-order valence-electron chi connectivity index (χ0n) is 25.1. The van der Waals surface area contributed by atoms with Crippen LogP contribution in [0, 0.1) is 23.8 Å².